The Balaban J connectivity index is 1.18. The van der Waals surface area contributed by atoms with E-state index in [9.17, 15) is 9.59 Å². The minimum Gasteiger partial charge on any atom is -0.494 e. The zero-order chi connectivity index (χ0) is 21.6. The van der Waals surface area contributed by atoms with E-state index < -0.39 is 0 Å². The van der Waals surface area contributed by atoms with Crippen molar-refractivity contribution in [3.8, 4) is 5.75 Å². The number of hydrogen-bond acceptors (Lipinski definition) is 4. The molecule has 0 spiro atoms. The fourth-order valence-electron chi connectivity index (χ4n) is 4.23. The number of ketones is 1. The Morgan fingerprint density at radius 3 is 2.55 bits per heavy atom. The highest BCUT2D eigenvalue weighted by Gasteiger charge is 2.29. The summed E-state index contributed by atoms with van der Waals surface area (Å²) in [6.45, 7) is 5.43. The van der Waals surface area contributed by atoms with E-state index in [1.54, 1.807) is 6.92 Å². The smallest absolute Gasteiger partial charge is 0.227 e. The van der Waals surface area contributed by atoms with Gasteiger partial charge < -0.3 is 15.0 Å². The molecule has 0 aromatic heterocycles. The lowest BCUT2D eigenvalue weighted by molar-refractivity contribution is -0.117. The number of nitrogens with zero attached hydrogens (tertiary/aromatic N) is 1. The van der Waals surface area contributed by atoms with E-state index >= 15 is 0 Å². The van der Waals surface area contributed by atoms with Crippen molar-refractivity contribution in [2.75, 3.05) is 31.6 Å². The van der Waals surface area contributed by atoms with Gasteiger partial charge in [-0.3, -0.25) is 9.59 Å². The van der Waals surface area contributed by atoms with Crippen LogP contribution in [0.2, 0.25) is 0 Å². The molecular weight excluding hydrogens is 388 g/mol. The number of carbonyl (C=O) groups excluding carboxylic acids is 2. The summed E-state index contributed by atoms with van der Waals surface area (Å²) in [6, 6.07) is 15.8. The Morgan fingerprint density at radius 2 is 1.81 bits per heavy atom. The number of amides is 1. The molecule has 31 heavy (non-hydrogen) atoms. The van der Waals surface area contributed by atoms with Crippen LogP contribution in [0.5, 0.6) is 5.75 Å². The highest BCUT2D eigenvalue weighted by molar-refractivity contribution is 5.94. The molecule has 0 radical (unpaired) electrons. The molecule has 2 aromatic rings. The third-order valence-electron chi connectivity index (χ3n) is 6.29. The molecule has 1 aliphatic heterocycles. The van der Waals surface area contributed by atoms with Crippen LogP contribution in [-0.2, 0) is 4.79 Å². The quantitative estimate of drug-likeness (QED) is 0.464. The van der Waals surface area contributed by atoms with E-state index in [0.29, 0.717) is 18.1 Å². The maximum absolute atomic E-state index is 12.0. The number of carbonyl (C=O) groups is 2. The molecule has 2 aromatic carbocycles. The summed E-state index contributed by atoms with van der Waals surface area (Å²) in [4.78, 5) is 26.0. The highest BCUT2D eigenvalue weighted by Crippen LogP contribution is 2.32. The average molecular weight is 421 g/mol. The van der Waals surface area contributed by atoms with E-state index in [-0.39, 0.29) is 17.6 Å². The zero-order valence-electron chi connectivity index (χ0n) is 18.3. The first-order chi connectivity index (χ1) is 15.1. The number of hydrogen-bond donors (Lipinski definition) is 1. The number of nitrogens with one attached hydrogen (secondary N) is 1. The van der Waals surface area contributed by atoms with Crippen molar-refractivity contribution < 1.29 is 14.3 Å². The van der Waals surface area contributed by atoms with Crippen LogP contribution in [0.3, 0.4) is 0 Å². The van der Waals surface area contributed by atoms with Gasteiger partial charge in [0.05, 0.1) is 6.61 Å². The third kappa shape index (κ3) is 6.17. The van der Waals surface area contributed by atoms with Crippen molar-refractivity contribution in [1.82, 2.24) is 4.90 Å². The number of rotatable bonds is 9. The molecule has 1 heterocycles. The highest BCUT2D eigenvalue weighted by atomic mass is 16.5. The van der Waals surface area contributed by atoms with Gasteiger partial charge in [0.15, 0.2) is 5.78 Å². The molecule has 1 saturated carbocycles. The first kappa shape index (κ1) is 21.6. The van der Waals surface area contributed by atoms with Crippen LogP contribution < -0.4 is 10.1 Å². The first-order valence-corrected chi connectivity index (χ1v) is 11.5. The second-order valence-electron chi connectivity index (χ2n) is 8.79. The summed E-state index contributed by atoms with van der Waals surface area (Å²) in [5.74, 6) is 1.78. The summed E-state index contributed by atoms with van der Waals surface area (Å²) in [5, 5.41) is 3.07. The molecule has 4 rings (SSSR count). The third-order valence-corrected chi connectivity index (χ3v) is 6.29. The van der Waals surface area contributed by atoms with Crippen molar-refractivity contribution in [2.45, 2.75) is 44.9 Å². The Labute approximate surface area is 184 Å². The van der Waals surface area contributed by atoms with Gasteiger partial charge in [0.25, 0.3) is 0 Å². The van der Waals surface area contributed by atoms with Crippen molar-refractivity contribution in [1.29, 1.82) is 0 Å². The number of Topliss-reactive ketones (excluding diaryl/α,β-unsaturated/α-hetero) is 1. The van der Waals surface area contributed by atoms with Crippen LogP contribution in [-0.4, -0.2) is 42.8 Å². The van der Waals surface area contributed by atoms with Crippen molar-refractivity contribution in [3.63, 3.8) is 0 Å². The number of benzene rings is 2. The molecule has 164 valence electrons. The van der Waals surface area contributed by atoms with E-state index in [4.69, 9.17) is 4.74 Å². The standard InChI is InChI=1S/C26H32N2O3/c1-19(29)22-5-3-8-25(18-22)31-16-4-13-28-14-11-20(12-15-28)23-6-2-7-24(17-23)27-26(30)21-9-10-21/h2-3,5-8,17-18,20-21H,4,9-16H2,1H3,(H,27,30). The van der Waals surface area contributed by atoms with Crippen molar-refractivity contribution in [2.24, 2.45) is 5.92 Å². The minimum atomic E-state index is 0.0594. The van der Waals surface area contributed by atoms with Gasteiger partial charge in [-0.2, -0.15) is 0 Å². The maximum Gasteiger partial charge on any atom is 0.227 e. The van der Waals surface area contributed by atoms with E-state index in [0.717, 1.165) is 63.2 Å². The van der Waals surface area contributed by atoms with Crippen LogP contribution in [0.1, 0.15) is 60.9 Å². The predicted molar refractivity (Wildman–Crippen MR) is 123 cm³/mol. The molecule has 1 saturated heterocycles. The Hall–Kier alpha value is -2.66. The maximum atomic E-state index is 12.0. The van der Waals surface area contributed by atoms with Gasteiger partial charge in [-0.05, 0) is 87.9 Å². The van der Waals surface area contributed by atoms with Crippen LogP contribution in [0.4, 0.5) is 5.69 Å². The lowest BCUT2D eigenvalue weighted by Gasteiger charge is -2.32. The van der Waals surface area contributed by atoms with Gasteiger partial charge in [0.2, 0.25) is 5.91 Å². The van der Waals surface area contributed by atoms with E-state index in [1.165, 1.54) is 5.56 Å². The molecule has 0 atom stereocenters. The van der Waals surface area contributed by atoms with E-state index in [1.807, 2.05) is 30.3 Å². The summed E-state index contributed by atoms with van der Waals surface area (Å²) in [6.07, 6.45) is 5.31. The number of likely N-dealkylation sites (tertiary alicyclic amines) is 1. The lowest BCUT2D eigenvalue weighted by Crippen LogP contribution is -2.34. The fraction of sp³-hybridized carbons (Fsp3) is 0.462. The number of anilines is 1. The lowest BCUT2D eigenvalue weighted by atomic mass is 9.89. The van der Waals surface area contributed by atoms with Gasteiger partial charge in [0, 0.05) is 23.7 Å². The molecule has 2 aliphatic rings. The fourth-order valence-corrected chi connectivity index (χ4v) is 4.23. The minimum absolute atomic E-state index is 0.0594. The van der Waals surface area contributed by atoms with Gasteiger partial charge in [-0.1, -0.05) is 24.3 Å². The average Bonchev–Trinajstić information content (AvgIpc) is 3.63. The molecule has 1 N–H and O–H groups in total. The molecular formula is C26H32N2O3. The first-order valence-electron chi connectivity index (χ1n) is 11.5. The van der Waals surface area contributed by atoms with Gasteiger partial charge in [-0.15, -0.1) is 0 Å². The van der Waals surface area contributed by atoms with Crippen molar-refractivity contribution in [3.05, 3.63) is 59.7 Å². The molecule has 1 aliphatic carbocycles. The summed E-state index contributed by atoms with van der Waals surface area (Å²) >= 11 is 0. The SMILES string of the molecule is CC(=O)c1cccc(OCCCN2CCC(c3cccc(NC(=O)C4CC4)c3)CC2)c1. The van der Waals surface area contributed by atoms with Crippen molar-refractivity contribution >= 4 is 17.4 Å². The molecule has 0 unspecified atom stereocenters. The molecule has 1 amide bonds. The van der Waals surface area contributed by atoms with Gasteiger partial charge in [0.1, 0.15) is 5.75 Å². The largest absolute Gasteiger partial charge is 0.494 e. The molecule has 5 nitrogen and oxygen atoms in total. The predicted octanol–water partition coefficient (Wildman–Crippen LogP) is 4.89. The monoisotopic (exact) mass is 420 g/mol. The summed E-state index contributed by atoms with van der Waals surface area (Å²) in [5.41, 5.74) is 2.96. The summed E-state index contributed by atoms with van der Waals surface area (Å²) < 4.78 is 5.83. The summed E-state index contributed by atoms with van der Waals surface area (Å²) in [7, 11) is 0. The molecule has 5 heteroatoms. The Morgan fingerprint density at radius 1 is 1.03 bits per heavy atom. The second-order valence-corrected chi connectivity index (χ2v) is 8.79. The van der Waals surface area contributed by atoms with Crippen LogP contribution in [0.25, 0.3) is 0 Å². The topological polar surface area (TPSA) is 58.6 Å². The van der Waals surface area contributed by atoms with Gasteiger partial charge in [-0.25, -0.2) is 0 Å². The van der Waals surface area contributed by atoms with Crippen LogP contribution in [0.15, 0.2) is 48.5 Å². The van der Waals surface area contributed by atoms with Crippen LogP contribution >= 0.6 is 0 Å². The zero-order valence-corrected chi connectivity index (χ0v) is 18.3. The Bertz CT molecular complexity index is 914. The second kappa shape index (κ2) is 10.1. The van der Waals surface area contributed by atoms with Gasteiger partial charge >= 0.3 is 0 Å². The van der Waals surface area contributed by atoms with E-state index in [2.05, 4.69) is 28.4 Å². The molecule has 2 fully saturated rings. The molecule has 0 bridgehead atoms. The number of ether oxygens (including phenoxy) is 1. The van der Waals surface area contributed by atoms with Crippen LogP contribution in [0, 0.1) is 5.92 Å². The number of piperidine rings is 1. The normalized spacial score (nSPS) is 17.3. The Kier molecular flexibility index (Phi) is 7.03.